The Bertz CT molecular complexity index is 1690. The van der Waals surface area contributed by atoms with Crippen molar-refractivity contribution in [2.24, 2.45) is 5.92 Å². The molecule has 4 aromatic rings. The Morgan fingerprint density at radius 2 is 1.79 bits per heavy atom. The van der Waals surface area contributed by atoms with Crippen LogP contribution < -0.4 is 14.8 Å². The van der Waals surface area contributed by atoms with E-state index in [2.05, 4.69) is 5.32 Å². The van der Waals surface area contributed by atoms with E-state index in [4.69, 9.17) is 26.1 Å². The van der Waals surface area contributed by atoms with Gasteiger partial charge in [0.15, 0.2) is 5.13 Å². The van der Waals surface area contributed by atoms with Gasteiger partial charge in [-0.1, -0.05) is 49.8 Å². The molecule has 43 heavy (non-hydrogen) atoms. The summed E-state index contributed by atoms with van der Waals surface area (Å²) in [7, 11) is 3.15. The number of carboxylic acid groups (broad SMARTS) is 1. The van der Waals surface area contributed by atoms with Gasteiger partial charge in [0.1, 0.15) is 23.7 Å². The SMILES string of the molecule is COc1cc(-c2nc(NC(=O)c3cc4c(C)c(C)cc(C)c4n3CC(=O)O)sc2CCC2CCCCC2)c(OC)cc1Cl.[HH]. The Balaban J connectivity index is 0.00000442. The van der Waals surface area contributed by atoms with Crippen molar-refractivity contribution in [3.63, 3.8) is 0 Å². The van der Waals surface area contributed by atoms with Crippen molar-refractivity contribution in [3.8, 4) is 22.8 Å². The Hall–Kier alpha value is -3.56. The molecule has 1 aliphatic rings. The number of nitrogens with one attached hydrogen (secondary N) is 1. The number of carbonyl (C=O) groups excluding carboxylic acids is 1. The maximum Gasteiger partial charge on any atom is 0.323 e. The van der Waals surface area contributed by atoms with Crippen LogP contribution in [0.2, 0.25) is 5.02 Å². The minimum atomic E-state index is -1.02. The highest BCUT2D eigenvalue weighted by Gasteiger charge is 2.25. The lowest BCUT2D eigenvalue weighted by Gasteiger charge is -2.21. The van der Waals surface area contributed by atoms with Gasteiger partial charge in [0, 0.05) is 23.3 Å². The van der Waals surface area contributed by atoms with Crippen LogP contribution in [0, 0.1) is 26.7 Å². The van der Waals surface area contributed by atoms with Crippen LogP contribution in [0.3, 0.4) is 0 Å². The van der Waals surface area contributed by atoms with Crippen molar-refractivity contribution >= 4 is 50.8 Å². The lowest BCUT2D eigenvalue weighted by atomic mass is 9.86. The molecule has 0 bridgehead atoms. The highest BCUT2D eigenvalue weighted by atomic mass is 35.5. The van der Waals surface area contributed by atoms with Gasteiger partial charge in [0.2, 0.25) is 0 Å². The molecule has 2 aromatic heterocycles. The predicted octanol–water partition coefficient (Wildman–Crippen LogP) is 8.46. The van der Waals surface area contributed by atoms with Crippen LogP contribution in [-0.4, -0.2) is 40.8 Å². The second-order valence-corrected chi connectivity index (χ2v) is 12.9. The molecule has 2 N–H and O–H groups in total. The molecule has 0 aliphatic heterocycles. The Morgan fingerprint density at radius 3 is 2.47 bits per heavy atom. The molecule has 10 heteroatoms. The minimum absolute atomic E-state index is 0. The molecule has 0 radical (unpaired) electrons. The Kier molecular flexibility index (Phi) is 9.32. The molecule has 0 atom stereocenters. The van der Waals surface area contributed by atoms with Crippen molar-refractivity contribution < 1.29 is 25.6 Å². The first-order valence-corrected chi connectivity index (χ1v) is 15.9. The summed E-state index contributed by atoms with van der Waals surface area (Å²) in [5.74, 6) is 0.317. The van der Waals surface area contributed by atoms with Gasteiger partial charge in [-0.3, -0.25) is 14.9 Å². The highest BCUT2D eigenvalue weighted by molar-refractivity contribution is 7.16. The first kappa shape index (κ1) is 30.9. The maximum absolute atomic E-state index is 13.8. The number of carboxylic acids is 1. The van der Waals surface area contributed by atoms with Crippen LogP contribution >= 0.6 is 22.9 Å². The van der Waals surface area contributed by atoms with Gasteiger partial charge in [-0.25, -0.2) is 4.98 Å². The summed E-state index contributed by atoms with van der Waals surface area (Å²) in [5.41, 5.74) is 5.51. The molecule has 1 saturated carbocycles. The predicted molar refractivity (Wildman–Crippen MR) is 174 cm³/mol. The fraction of sp³-hybridized carbons (Fsp3) is 0.424. The van der Waals surface area contributed by atoms with Crippen molar-refractivity contribution in [2.45, 2.75) is 72.3 Å². The second kappa shape index (κ2) is 13.0. The molecular formula is C33H40ClN3O5S. The summed E-state index contributed by atoms with van der Waals surface area (Å²) in [4.78, 5) is 31.6. The number of thiazole rings is 1. The normalized spacial score (nSPS) is 13.8. The van der Waals surface area contributed by atoms with E-state index in [0.29, 0.717) is 27.6 Å². The number of aromatic nitrogens is 2. The Morgan fingerprint density at radius 1 is 1.07 bits per heavy atom. The van der Waals surface area contributed by atoms with Gasteiger partial charge < -0.3 is 19.1 Å². The molecule has 2 aromatic carbocycles. The van der Waals surface area contributed by atoms with Crippen LogP contribution in [0.1, 0.15) is 72.0 Å². The van der Waals surface area contributed by atoms with Crippen LogP contribution in [0.4, 0.5) is 5.13 Å². The number of amides is 1. The lowest BCUT2D eigenvalue weighted by Crippen LogP contribution is -2.20. The third kappa shape index (κ3) is 6.38. The van der Waals surface area contributed by atoms with Gasteiger partial charge in [0.25, 0.3) is 5.91 Å². The number of fused-ring (bicyclic) bond motifs is 1. The van der Waals surface area contributed by atoms with E-state index in [0.717, 1.165) is 56.6 Å². The number of halogens is 1. The summed E-state index contributed by atoms with van der Waals surface area (Å²) in [6, 6.07) is 7.35. The maximum atomic E-state index is 13.8. The quantitative estimate of drug-likeness (QED) is 0.183. The summed E-state index contributed by atoms with van der Waals surface area (Å²) in [5, 5.41) is 14.4. The minimum Gasteiger partial charge on any atom is -0.496 e. The summed E-state index contributed by atoms with van der Waals surface area (Å²) in [6.07, 6.45) is 8.18. The number of aliphatic carboxylic acids is 1. The number of rotatable bonds is 10. The van der Waals surface area contributed by atoms with E-state index in [-0.39, 0.29) is 13.7 Å². The van der Waals surface area contributed by atoms with E-state index in [1.807, 2.05) is 32.9 Å². The number of carbonyl (C=O) groups is 2. The number of ether oxygens (including phenoxy) is 2. The van der Waals surface area contributed by atoms with Crippen LogP contribution in [0.5, 0.6) is 11.5 Å². The molecule has 0 unspecified atom stereocenters. The van der Waals surface area contributed by atoms with Crippen molar-refractivity contribution in [1.82, 2.24) is 9.55 Å². The smallest absolute Gasteiger partial charge is 0.323 e. The summed E-state index contributed by atoms with van der Waals surface area (Å²) in [6.45, 7) is 5.62. The molecule has 1 fully saturated rings. The molecule has 1 aliphatic carbocycles. The zero-order valence-corrected chi connectivity index (χ0v) is 26.9. The van der Waals surface area contributed by atoms with Crippen LogP contribution in [0.25, 0.3) is 22.2 Å². The first-order valence-electron chi connectivity index (χ1n) is 14.7. The average Bonchev–Trinajstić information content (AvgIpc) is 3.56. The molecule has 230 valence electrons. The van der Waals surface area contributed by atoms with Crippen molar-refractivity contribution in [2.75, 3.05) is 19.5 Å². The molecule has 1 amide bonds. The third-order valence-electron chi connectivity index (χ3n) is 8.58. The van der Waals surface area contributed by atoms with Crippen LogP contribution in [-0.2, 0) is 17.8 Å². The van der Waals surface area contributed by atoms with Gasteiger partial charge >= 0.3 is 5.97 Å². The van der Waals surface area contributed by atoms with E-state index in [1.165, 1.54) is 43.4 Å². The number of methoxy groups -OCH3 is 2. The summed E-state index contributed by atoms with van der Waals surface area (Å²) >= 11 is 7.84. The topological polar surface area (TPSA) is 103 Å². The average molecular weight is 626 g/mol. The fourth-order valence-electron chi connectivity index (χ4n) is 6.26. The number of anilines is 1. The van der Waals surface area contributed by atoms with Crippen LogP contribution in [0.15, 0.2) is 24.3 Å². The third-order valence-corrected chi connectivity index (χ3v) is 9.90. The lowest BCUT2D eigenvalue weighted by molar-refractivity contribution is -0.137. The van der Waals surface area contributed by atoms with Crippen molar-refractivity contribution in [3.05, 3.63) is 56.5 Å². The van der Waals surface area contributed by atoms with E-state index in [1.54, 1.807) is 30.9 Å². The number of nitrogens with zero attached hydrogens (tertiary/aromatic N) is 2. The van der Waals surface area contributed by atoms with Gasteiger partial charge in [0.05, 0.1) is 30.5 Å². The van der Waals surface area contributed by atoms with Gasteiger partial charge in [-0.2, -0.15) is 0 Å². The zero-order valence-electron chi connectivity index (χ0n) is 25.3. The van der Waals surface area contributed by atoms with E-state index >= 15 is 0 Å². The second-order valence-electron chi connectivity index (χ2n) is 11.4. The highest BCUT2D eigenvalue weighted by Crippen LogP contribution is 2.43. The number of aryl methyl sites for hydroxylation is 4. The number of benzene rings is 2. The molecule has 5 rings (SSSR count). The number of hydrogen-bond acceptors (Lipinski definition) is 6. The van der Waals surface area contributed by atoms with E-state index in [9.17, 15) is 14.7 Å². The fourth-order valence-corrected chi connectivity index (χ4v) is 7.48. The standard InChI is InChI=1S/C33H38ClN3O5S.H2/c1-18-13-19(2)31-22(20(18)3)14-25(37(31)17-29(38)39)32(40)36-33-35-30(23-15-27(42-5)24(34)16-26(23)41-4)28(43-33)12-11-21-9-7-6-8-10-21;/h13-16,21H,6-12,17H2,1-5H3,(H,38,39)(H,35,36,40);1H. The van der Waals surface area contributed by atoms with Crippen molar-refractivity contribution in [1.29, 1.82) is 0 Å². The molecule has 8 nitrogen and oxygen atoms in total. The largest absolute Gasteiger partial charge is 0.496 e. The monoisotopic (exact) mass is 625 g/mol. The van der Waals surface area contributed by atoms with Gasteiger partial charge in [-0.15, -0.1) is 11.3 Å². The number of hydrogen-bond donors (Lipinski definition) is 2. The molecule has 2 heterocycles. The summed E-state index contributed by atoms with van der Waals surface area (Å²) < 4.78 is 12.8. The molecular weight excluding hydrogens is 586 g/mol. The Labute approximate surface area is 262 Å². The zero-order chi connectivity index (χ0) is 30.8. The molecule has 0 saturated heterocycles. The van der Waals surface area contributed by atoms with E-state index < -0.39 is 11.9 Å². The van der Waals surface area contributed by atoms with Gasteiger partial charge in [-0.05, 0) is 68.4 Å². The first-order chi connectivity index (χ1) is 20.6. The molecule has 0 spiro atoms.